The van der Waals surface area contributed by atoms with Crippen LogP contribution in [0.3, 0.4) is 0 Å². The van der Waals surface area contributed by atoms with Crippen molar-refractivity contribution >= 4 is 5.97 Å². The molecule has 0 bridgehead atoms. The van der Waals surface area contributed by atoms with Crippen LogP contribution in [0.4, 0.5) is 0 Å². The zero-order valence-electron chi connectivity index (χ0n) is 11.4. The molecule has 0 aromatic heterocycles. The molecule has 0 saturated heterocycles. The summed E-state index contributed by atoms with van der Waals surface area (Å²) in [6.07, 6.45) is 3.05. The van der Waals surface area contributed by atoms with Crippen LogP contribution < -0.4 is 0 Å². The lowest BCUT2D eigenvalue weighted by Crippen LogP contribution is -2.21. The smallest absolute Gasteiger partial charge is 0.333 e. The number of methoxy groups -OCH3 is 1. The van der Waals surface area contributed by atoms with Gasteiger partial charge in [0.05, 0.1) is 7.11 Å². The molecule has 2 atom stereocenters. The summed E-state index contributed by atoms with van der Waals surface area (Å²) in [6.45, 7) is 12.7. The Bertz CT molecular complexity index is 223. The van der Waals surface area contributed by atoms with Crippen molar-refractivity contribution in [3.8, 4) is 0 Å². The van der Waals surface area contributed by atoms with Gasteiger partial charge < -0.3 is 4.74 Å². The normalized spacial score (nSPS) is 16.3. The maximum atomic E-state index is 11.3. The Morgan fingerprint density at radius 1 is 1.19 bits per heavy atom. The van der Waals surface area contributed by atoms with Crippen molar-refractivity contribution in [2.24, 2.45) is 17.8 Å². The van der Waals surface area contributed by atoms with Crippen LogP contribution in [0, 0.1) is 17.8 Å². The first-order valence-electron chi connectivity index (χ1n) is 6.23. The molecule has 0 radical (unpaired) electrons. The highest BCUT2D eigenvalue weighted by Crippen LogP contribution is 2.31. The van der Waals surface area contributed by atoms with Crippen LogP contribution in [-0.2, 0) is 9.53 Å². The molecule has 2 nitrogen and oxygen atoms in total. The summed E-state index contributed by atoms with van der Waals surface area (Å²) in [4.78, 5) is 11.3. The molecule has 0 heterocycles. The van der Waals surface area contributed by atoms with Crippen molar-refractivity contribution in [3.63, 3.8) is 0 Å². The van der Waals surface area contributed by atoms with Gasteiger partial charge in [-0.2, -0.15) is 0 Å². The van der Waals surface area contributed by atoms with Gasteiger partial charge in [-0.1, -0.05) is 47.1 Å². The second-order valence-corrected chi connectivity index (χ2v) is 4.73. The first-order chi connectivity index (χ1) is 7.47. The lowest BCUT2D eigenvalue weighted by atomic mass is 9.77. The van der Waals surface area contributed by atoms with Crippen LogP contribution in [0.2, 0.25) is 0 Å². The van der Waals surface area contributed by atoms with Crippen molar-refractivity contribution in [1.29, 1.82) is 0 Å². The number of carbonyl (C=O) groups is 1. The Morgan fingerprint density at radius 3 is 1.94 bits per heavy atom. The van der Waals surface area contributed by atoms with Gasteiger partial charge in [0.25, 0.3) is 0 Å². The fourth-order valence-corrected chi connectivity index (χ4v) is 2.08. The summed E-state index contributed by atoms with van der Waals surface area (Å²) >= 11 is 0. The minimum atomic E-state index is -0.267. The fourth-order valence-electron chi connectivity index (χ4n) is 2.08. The molecule has 0 aromatic carbocycles. The number of esters is 1. The molecule has 0 spiro atoms. The predicted octanol–water partition coefficient (Wildman–Crippen LogP) is 3.81. The van der Waals surface area contributed by atoms with Gasteiger partial charge in [0.15, 0.2) is 0 Å². The largest absolute Gasteiger partial charge is 0.466 e. The lowest BCUT2D eigenvalue weighted by Gasteiger charge is -2.28. The zero-order chi connectivity index (χ0) is 12.7. The van der Waals surface area contributed by atoms with E-state index in [2.05, 4.69) is 34.3 Å². The van der Waals surface area contributed by atoms with Crippen LogP contribution in [0.1, 0.15) is 47.0 Å². The van der Waals surface area contributed by atoms with Gasteiger partial charge in [0.1, 0.15) is 0 Å². The number of carbonyl (C=O) groups excluding carboxylic acids is 1. The molecule has 0 aliphatic heterocycles. The van der Waals surface area contributed by atoms with E-state index in [1.807, 2.05) is 0 Å². The average Bonchev–Trinajstić information content (AvgIpc) is 2.32. The van der Waals surface area contributed by atoms with Crippen LogP contribution in [0.25, 0.3) is 0 Å². The van der Waals surface area contributed by atoms with Crippen molar-refractivity contribution in [2.45, 2.75) is 47.0 Å². The monoisotopic (exact) mass is 226 g/mol. The minimum Gasteiger partial charge on any atom is -0.466 e. The predicted molar refractivity (Wildman–Crippen MR) is 68.2 cm³/mol. The second-order valence-electron chi connectivity index (χ2n) is 4.73. The van der Waals surface area contributed by atoms with Crippen molar-refractivity contribution < 1.29 is 9.53 Å². The summed E-state index contributed by atoms with van der Waals surface area (Å²) in [5, 5.41) is 0. The standard InChI is InChI=1S/C14H26O2/c1-7-10(3)13(11(4)8-2)9-12(5)14(15)16-6/h10-11,13H,5,7-9H2,1-4,6H3. The van der Waals surface area contributed by atoms with Gasteiger partial charge >= 0.3 is 5.97 Å². The Hall–Kier alpha value is -0.790. The number of hydrogen-bond acceptors (Lipinski definition) is 2. The molecule has 16 heavy (non-hydrogen) atoms. The van der Waals surface area contributed by atoms with Crippen LogP contribution in [0.15, 0.2) is 12.2 Å². The molecule has 0 aromatic rings. The minimum absolute atomic E-state index is 0.267. The van der Waals surface area contributed by atoms with Crippen LogP contribution >= 0.6 is 0 Å². The zero-order valence-corrected chi connectivity index (χ0v) is 11.4. The summed E-state index contributed by atoms with van der Waals surface area (Å²) in [6, 6.07) is 0. The van der Waals surface area contributed by atoms with Crippen molar-refractivity contribution in [2.75, 3.05) is 7.11 Å². The molecule has 0 saturated carbocycles. The molecular formula is C14H26O2. The van der Waals surface area contributed by atoms with Crippen LogP contribution in [0.5, 0.6) is 0 Å². The summed E-state index contributed by atoms with van der Waals surface area (Å²) in [7, 11) is 1.41. The van der Waals surface area contributed by atoms with E-state index >= 15 is 0 Å². The highest BCUT2D eigenvalue weighted by molar-refractivity contribution is 5.87. The van der Waals surface area contributed by atoms with E-state index in [0.717, 1.165) is 19.3 Å². The Morgan fingerprint density at radius 2 is 1.62 bits per heavy atom. The summed E-state index contributed by atoms with van der Waals surface area (Å²) in [5.41, 5.74) is 0.605. The number of ether oxygens (including phenoxy) is 1. The third kappa shape index (κ3) is 4.38. The highest BCUT2D eigenvalue weighted by atomic mass is 16.5. The lowest BCUT2D eigenvalue weighted by molar-refractivity contribution is -0.136. The van der Waals surface area contributed by atoms with E-state index in [1.54, 1.807) is 0 Å². The summed E-state index contributed by atoms with van der Waals surface area (Å²) in [5.74, 6) is 1.51. The average molecular weight is 226 g/mol. The van der Waals surface area contributed by atoms with Gasteiger partial charge in [0.2, 0.25) is 0 Å². The van der Waals surface area contributed by atoms with Gasteiger partial charge in [-0.3, -0.25) is 0 Å². The number of rotatable bonds is 7. The van der Waals surface area contributed by atoms with E-state index in [1.165, 1.54) is 7.11 Å². The summed E-state index contributed by atoms with van der Waals surface area (Å²) < 4.78 is 4.70. The van der Waals surface area contributed by atoms with E-state index in [-0.39, 0.29) is 5.97 Å². The highest BCUT2D eigenvalue weighted by Gasteiger charge is 2.24. The molecule has 2 heteroatoms. The van der Waals surface area contributed by atoms with Crippen molar-refractivity contribution in [3.05, 3.63) is 12.2 Å². The van der Waals surface area contributed by atoms with Gasteiger partial charge in [-0.15, -0.1) is 0 Å². The third-order valence-corrected chi connectivity index (χ3v) is 3.71. The number of hydrogen-bond donors (Lipinski definition) is 0. The topological polar surface area (TPSA) is 26.3 Å². The van der Waals surface area contributed by atoms with Gasteiger partial charge in [-0.25, -0.2) is 4.79 Å². The molecule has 2 unspecified atom stereocenters. The molecule has 0 aliphatic rings. The fraction of sp³-hybridized carbons (Fsp3) is 0.786. The third-order valence-electron chi connectivity index (χ3n) is 3.71. The van der Waals surface area contributed by atoms with Gasteiger partial charge in [0, 0.05) is 5.57 Å². The molecule has 94 valence electrons. The Kier molecular flexibility index (Phi) is 7.11. The van der Waals surface area contributed by atoms with E-state index in [4.69, 9.17) is 4.74 Å². The molecule has 0 fully saturated rings. The maximum Gasteiger partial charge on any atom is 0.333 e. The van der Waals surface area contributed by atoms with E-state index in [9.17, 15) is 4.79 Å². The Balaban J connectivity index is 4.54. The molecule has 0 rings (SSSR count). The van der Waals surface area contributed by atoms with E-state index in [0.29, 0.717) is 23.3 Å². The SMILES string of the molecule is C=C(CC(C(C)CC)C(C)CC)C(=O)OC. The quantitative estimate of drug-likeness (QED) is 0.487. The Labute approximate surface area is 100 Å². The first-order valence-corrected chi connectivity index (χ1v) is 6.23. The molecule has 0 N–H and O–H groups in total. The van der Waals surface area contributed by atoms with Crippen LogP contribution in [-0.4, -0.2) is 13.1 Å². The maximum absolute atomic E-state index is 11.3. The molecular weight excluding hydrogens is 200 g/mol. The van der Waals surface area contributed by atoms with Gasteiger partial charge in [-0.05, 0) is 24.2 Å². The molecule has 0 aliphatic carbocycles. The van der Waals surface area contributed by atoms with Crippen molar-refractivity contribution in [1.82, 2.24) is 0 Å². The molecule has 0 amide bonds. The second kappa shape index (κ2) is 7.48. The first kappa shape index (κ1) is 15.2. The van der Waals surface area contributed by atoms with E-state index < -0.39 is 0 Å².